The van der Waals surface area contributed by atoms with E-state index in [0.29, 0.717) is 6.54 Å². The van der Waals surface area contributed by atoms with Crippen molar-refractivity contribution in [2.75, 3.05) is 13.6 Å². The van der Waals surface area contributed by atoms with E-state index in [0.717, 1.165) is 11.1 Å². The van der Waals surface area contributed by atoms with Crippen LogP contribution in [0.2, 0.25) is 0 Å². The number of nitrogens with zero attached hydrogens (tertiary/aromatic N) is 2. The van der Waals surface area contributed by atoms with Gasteiger partial charge in [0, 0.05) is 10.5 Å². The van der Waals surface area contributed by atoms with Crippen LogP contribution in [0.5, 0.6) is 0 Å². The number of aryl methyl sites for hydroxylation is 1. The molecule has 0 aliphatic carbocycles. The molecule has 0 bridgehead atoms. The monoisotopic (exact) mass is 248 g/mol. The molecular formula is C14H20N2O2. The molecule has 1 saturated heterocycles. The van der Waals surface area contributed by atoms with Crippen LogP contribution >= 0.6 is 0 Å². The third kappa shape index (κ3) is 1.90. The molecule has 1 aromatic carbocycles. The fraction of sp³-hybridized carbons (Fsp3) is 0.571. The first-order valence-corrected chi connectivity index (χ1v) is 6.26. The van der Waals surface area contributed by atoms with E-state index in [9.17, 15) is 10.1 Å². The molecule has 0 aromatic heterocycles. The number of hydrogen-bond donors (Lipinski definition) is 0. The van der Waals surface area contributed by atoms with Gasteiger partial charge < -0.3 is 0 Å². The Hall–Kier alpha value is -1.42. The lowest BCUT2D eigenvalue weighted by atomic mass is 9.79. The lowest BCUT2D eigenvalue weighted by Crippen LogP contribution is -2.39. The predicted molar refractivity (Wildman–Crippen MR) is 71.4 cm³/mol. The van der Waals surface area contributed by atoms with Gasteiger partial charge in [-0.05, 0) is 38.9 Å². The van der Waals surface area contributed by atoms with Crippen LogP contribution in [-0.4, -0.2) is 35.0 Å². The minimum absolute atomic E-state index is 0.0568. The lowest BCUT2D eigenvalue weighted by molar-refractivity contribution is -0.521. The molecule has 2 atom stereocenters. The highest BCUT2D eigenvalue weighted by atomic mass is 16.6. The Morgan fingerprint density at radius 1 is 1.39 bits per heavy atom. The highest BCUT2D eigenvalue weighted by molar-refractivity contribution is 5.34. The van der Waals surface area contributed by atoms with Crippen LogP contribution in [0.25, 0.3) is 0 Å². The highest BCUT2D eigenvalue weighted by Gasteiger charge is 2.53. The molecule has 2 rings (SSSR count). The SMILES string of the molecule is Cc1ccccc1[C@@H]1[C@@H]([N+](=O)[O-])CN(C)C1(C)C. The van der Waals surface area contributed by atoms with E-state index in [2.05, 4.69) is 18.7 Å². The second-order valence-corrected chi connectivity index (χ2v) is 5.72. The minimum atomic E-state index is -0.522. The maximum Gasteiger partial charge on any atom is 0.234 e. The molecule has 0 saturated carbocycles. The van der Waals surface area contributed by atoms with E-state index in [4.69, 9.17) is 0 Å². The van der Waals surface area contributed by atoms with Crippen molar-refractivity contribution in [3.8, 4) is 0 Å². The average molecular weight is 248 g/mol. The van der Waals surface area contributed by atoms with E-state index in [-0.39, 0.29) is 16.4 Å². The standard InChI is InChI=1S/C14H20N2O2/c1-10-7-5-6-8-11(10)13-12(16(17)18)9-15(4)14(13,2)3/h5-8,12-13H,9H2,1-4H3/t12-,13+/m0/s1. The highest BCUT2D eigenvalue weighted by Crippen LogP contribution is 2.43. The molecule has 1 fully saturated rings. The number of benzene rings is 1. The van der Waals surface area contributed by atoms with Gasteiger partial charge in [0.25, 0.3) is 0 Å². The van der Waals surface area contributed by atoms with Crippen LogP contribution in [-0.2, 0) is 0 Å². The van der Waals surface area contributed by atoms with Gasteiger partial charge in [-0.2, -0.15) is 0 Å². The van der Waals surface area contributed by atoms with Crippen molar-refractivity contribution >= 4 is 0 Å². The van der Waals surface area contributed by atoms with Gasteiger partial charge in [-0.1, -0.05) is 24.3 Å². The third-order valence-electron chi connectivity index (χ3n) is 4.38. The van der Waals surface area contributed by atoms with Crippen molar-refractivity contribution in [3.63, 3.8) is 0 Å². The van der Waals surface area contributed by atoms with E-state index in [1.165, 1.54) is 0 Å². The van der Waals surface area contributed by atoms with Crippen molar-refractivity contribution in [3.05, 3.63) is 45.5 Å². The molecule has 1 aliphatic heterocycles. The number of likely N-dealkylation sites (N-methyl/N-ethyl adjacent to an activating group) is 1. The molecule has 1 aliphatic rings. The molecule has 0 radical (unpaired) electrons. The van der Waals surface area contributed by atoms with Crippen LogP contribution in [0.3, 0.4) is 0 Å². The van der Waals surface area contributed by atoms with Crippen molar-refractivity contribution in [2.45, 2.75) is 38.3 Å². The van der Waals surface area contributed by atoms with E-state index in [1.54, 1.807) is 0 Å². The van der Waals surface area contributed by atoms with E-state index < -0.39 is 6.04 Å². The Balaban J connectivity index is 2.51. The van der Waals surface area contributed by atoms with Crippen LogP contribution < -0.4 is 0 Å². The third-order valence-corrected chi connectivity index (χ3v) is 4.38. The summed E-state index contributed by atoms with van der Waals surface area (Å²) in [6, 6.07) is 7.48. The average Bonchev–Trinajstić information content (AvgIpc) is 2.52. The zero-order valence-electron chi connectivity index (χ0n) is 11.4. The molecule has 0 unspecified atom stereocenters. The zero-order chi connectivity index (χ0) is 13.5. The maximum absolute atomic E-state index is 11.3. The van der Waals surface area contributed by atoms with Crippen LogP contribution in [0.4, 0.5) is 0 Å². The summed E-state index contributed by atoms with van der Waals surface area (Å²) in [7, 11) is 1.97. The maximum atomic E-state index is 11.3. The fourth-order valence-electron chi connectivity index (χ4n) is 3.04. The summed E-state index contributed by atoms with van der Waals surface area (Å²) in [6.07, 6.45) is 0. The van der Waals surface area contributed by atoms with Gasteiger partial charge in [-0.15, -0.1) is 0 Å². The Kier molecular flexibility index (Phi) is 3.15. The molecule has 0 spiro atoms. The topological polar surface area (TPSA) is 46.4 Å². The van der Waals surface area contributed by atoms with Gasteiger partial charge in [-0.25, -0.2) is 0 Å². The first-order valence-electron chi connectivity index (χ1n) is 6.26. The number of likely N-dealkylation sites (tertiary alicyclic amines) is 1. The van der Waals surface area contributed by atoms with Crippen molar-refractivity contribution in [1.29, 1.82) is 0 Å². The number of rotatable bonds is 2. The second-order valence-electron chi connectivity index (χ2n) is 5.72. The van der Waals surface area contributed by atoms with Gasteiger partial charge in [-0.3, -0.25) is 15.0 Å². The lowest BCUT2D eigenvalue weighted by Gasteiger charge is -2.33. The first kappa shape index (κ1) is 13.0. The van der Waals surface area contributed by atoms with Gasteiger partial charge in [0.15, 0.2) is 0 Å². The Morgan fingerprint density at radius 3 is 2.56 bits per heavy atom. The molecular weight excluding hydrogens is 228 g/mol. The van der Waals surface area contributed by atoms with E-state index >= 15 is 0 Å². The van der Waals surface area contributed by atoms with Crippen molar-refractivity contribution in [1.82, 2.24) is 4.90 Å². The quantitative estimate of drug-likeness (QED) is 0.596. The molecule has 4 nitrogen and oxygen atoms in total. The van der Waals surface area contributed by atoms with Gasteiger partial charge in [0.2, 0.25) is 6.04 Å². The summed E-state index contributed by atoms with van der Waals surface area (Å²) in [5.41, 5.74) is 2.05. The smallest absolute Gasteiger partial charge is 0.234 e. The molecule has 18 heavy (non-hydrogen) atoms. The van der Waals surface area contributed by atoms with Crippen LogP contribution in [0.1, 0.15) is 30.9 Å². The number of hydrogen-bond acceptors (Lipinski definition) is 3. The summed E-state index contributed by atoms with van der Waals surface area (Å²) < 4.78 is 0. The van der Waals surface area contributed by atoms with Gasteiger partial charge >= 0.3 is 0 Å². The molecule has 98 valence electrons. The summed E-state index contributed by atoms with van der Waals surface area (Å²) in [6.45, 7) is 6.72. The predicted octanol–water partition coefficient (Wildman–Crippen LogP) is 2.45. The largest absolute Gasteiger partial charge is 0.294 e. The summed E-state index contributed by atoms with van der Waals surface area (Å²) in [4.78, 5) is 13.3. The van der Waals surface area contributed by atoms with Crippen LogP contribution in [0, 0.1) is 17.0 Å². The summed E-state index contributed by atoms with van der Waals surface area (Å²) >= 11 is 0. The summed E-state index contributed by atoms with van der Waals surface area (Å²) in [5.74, 6) is -0.0568. The molecule has 4 heteroatoms. The Bertz CT molecular complexity index is 471. The zero-order valence-corrected chi connectivity index (χ0v) is 11.4. The number of nitro groups is 1. The fourth-order valence-corrected chi connectivity index (χ4v) is 3.04. The van der Waals surface area contributed by atoms with Crippen molar-refractivity contribution in [2.24, 2.45) is 0 Å². The second kappa shape index (κ2) is 4.35. The van der Waals surface area contributed by atoms with Crippen LogP contribution in [0.15, 0.2) is 24.3 Å². The van der Waals surface area contributed by atoms with Crippen molar-refractivity contribution < 1.29 is 4.92 Å². The Labute approximate surface area is 108 Å². The Morgan fingerprint density at radius 2 is 2.00 bits per heavy atom. The molecule has 1 aromatic rings. The molecule has 1 heterocycles. The van der Waals surface area contributed by atoms with Gasteiger partial charge in [0.05, 0.1) is 12.5 Å². The summed E-state index contributed by atoms with van der Waals surface area (Å²) in [5, 5.41) is 11.3. The molecule has 0 N–H and O–H groups in total. The minimum Gasteiger partial charge on any atom is -0.294 e. The molecule has 0 amide bonds. The van der Waals surface area contributed by atoms with Gasteiger partial charge in [0.1, 0.15) is 0 Å². The normalized spacial score (nSPS) is 27.3. The first-order chi connectivity index (χ1) is 8.35. The van der Waals surface area contributed by atoms with E-state index in [1.807, 2.05) is 38.2 Å².